The van der Waals surface area contributed by atoms with E-state index in [1.54, 1.807) is 36.4 Å². The van der Waals surface area contributed by atoms with Crippen molar-refractivity contribution in [2.75, 3.05) is 17.2 Å². The number of carbonyl (C=O) groups excluding carboxylic acids is 2. The van der Waals surface area contributed by atoms with E-state index in [1.807, 2.05) is 6.92 Å². The van der Waals surface area contributed by atoms with E-state index >= 15 is 0 Å². The molecule has 0 atom stereocenters. The van der Waals surface area contributed by atoms with E-state index in [1.165, 1.54) is 6.92 Å². The Morgan fingerprint density at radius 1 is 1.19 bits per heavy atom. The number of aromatic nitrogens is 1. The van der Waals surface area contributed by atoms with E-state index in [4.69, 9.17) is 20.8 Å². The van der Waals surface area contributed by atoms with Crippen LogP contribution in [0.5, 0.6) is 5.75 Å². The molecule has 1 heterocycles. The average molecular weight is 374 g/mol. The van der Waals surface area contributed by atoms with E-state index < -0.39 is 5.91 Å². The molecule has 2 amide bonds. The molecule has 0 unspecified atom stereocenters. The third-order valence-electron chi connectivity index (χ3n) is 3.45. The van der Waals surface area contributed by atoms with Gasteiger partial charge in [0.15, 0.2) is 12.2 Å². The summed E-state index contributed by atoms with van der Waals surface area (Å²) in [5.41, 5.74) is 2.45. The van der Waals surface area contributed by atoms with Gasteiger partial charge < -0.3 is 14.5 Å². The molecule has 1 aromatic heterocycles. The van der Waals surface area contributed by atoms with E-state index in [0.717, 1.165) is 5.56 Å². The van der Waals surface area contributed by atoms with Gasteiger partial charge in [-0.15, -0.1) is 0 Å². The van der Waals surface area contributed by atoms with Crippen LogP contribution in [-0.2, 0) is 9.59 Å². The van der Waals surface area contributed by atoms with Crippen molar-refractivity contribution in [1.29, 1.82) is 0 Å². The number of halogens is 1. The highest BCUT2D eigenvalue weighted by atomic mass is 35.5. The molecule has 0 saturated carbocycles. The van der Waals surface area contributed by atoms with Gasteiger partial charge in [-0.3, -0.25) is 14.9 Å². The van der Waals surface area contributed by atoms with Gasteiger partial charge in [-0.05, 0) is 42.8 Å². The number of benzene rings is 2. The number of ether oxygens (including phenoxy) is 1. The Balaban J connectivity index is 1.63. The van der Waals surface area contributed by atoms with Gasteiger partial charge in [0.05, 0.1) is 0 Å². The number of fused-ring (bicyclic) bond motifs is 1. The number of nitrogens with zero attached hydrogens (tertiary/aromatic N) is 1. The molecular weight excluding hydrogens is 358 g/mol. The van der Waals surface area contributed by atoms with E-state index in [2.05, 4.69) is 15.6 Å². The summed E-state index contributed by atoms with van der Waals surface area (Å²) in [5.74, 6) is -0.0576. The van der Waals surface area contributed by atoms with Crippen LogP contribution >= 0.6 is 11.6 Å². The van der Waals surface area contributed by atoms with Gasteiger partial charge in [0, 0.05) is 23.7 Å². The second-order valence-corrected chi connectivity index (χ2v) is 6.04. The zero-order valence-electron chi connectivity index (χ0n) is 14.1. The molecule has 0 saturated heterocycles. The lowest BCUT2D eigenvalue weighted by molar-refractivity contribution is -0.118. The van der Waals surface area contributed by atoms with Crippen LogP contribution in [-0.4, -0.2) is 23.4 Å². The monoisotopic (exact) mass is 373 g/mol. The minimum absolute atomic E-state index is 0.0564. The molecule has 0 aliphatic heterocycles. The topological polar surface area (TPSA) is 93.5 Å². The number of oxazole rings is 1. The summed E-state index contributed by atoms with van der Waals surface area (Å²) in [4.78, 5) is 27.3. The second-order valence-electron chi connectivity index (χ2n) is 5.63. The summed E-state index contributed by atoms with van der Waals surface area (Å²) in [6, 6.07) is 10.2. The standard InChI is InChI=1S/C18H16ClN3O4/c1-10-7-13(4-5-14(10)19)25-9-17(24)22-18-21-15-6-3-12(20-11(2)23)8-16(15)26-18/h3-8H,9H2,1-2H3,(H,20,23)(H,21,22,24). The number of hydrogen-bond donors (Lipinski definition) is 2. The van der Waals surface area contributed by atoms with Crippen molar-refractivity contribution in [3.8, 4) is 5.75 Å². The molecule has 0 bridgehead atoms. The van der Waals surface area contributed by atoms with Gasteiger partial charge in [-0.1, -0.05) is 11.6 Å². The zero-order chi connectivity index (χ0) is 18.7. The van der Waals surface area contributed by atoms with Crippen molar-refractivity contribution in [2.24, 2.45) is 0 Å². The first-order chi connectivity index (χ1) is 12.4. The van der Waals surface area contributed by atoms with Crippen molar-refractivity contribution < 1.29 is 18.7 Å². The van der Waals surface area contributed by atoms with Gasteiger partial charge in [0.25, 0.3) is 5.91 Å². The molecule has 134 valence electrons. The van der Waals surface area contributed by atoms with Gasteiger partial charge in [0.1, 0.15) is 11.3 Å². The molecule has 2 N–H and O–H groups in total. The van der Waals surface area contributed by atoms with Crippen molar-refractivity contribution in [2.45, 2.75) is 13.8 Å². The van der Waals surface area contributed by atoms with E-state index in [-0.39, 0.29) is 18.5 Å². The quantitative estimate of drug-likeness (QED) is 0.710. The number of rotatable bonds is 5. The lowest BCUT2D eigenvalue weighted by Gasteiger charge is -2.06. The van der Waals surface area contributed by atoms with Crippen LogP contribution in [0.15, 0.2) is 40.8 Å². The minimum Gasteiger partial charge on any atom is -0.484 e. The van der Waals surface area contributed by atoms with Crippen molar-refractivity contribution in [1.82, 2.24) is 4.98 Å². The summed E-state index contributed by atoms with van der Waals surface area (Å²) in [7, 11) is 0. The number of hydrogen-bond acceptors (Lipinski definition) is 5. The molecule has 0 fully saturated rings. The largest absolute Gasteiger partial charge is 0.484 e. The van der Waals surface area contributed by atoms with Gasteiger partial charge >= 0.3 is 6.01 Å². The van der Waals surface area contributed by atoms with Gasteiger partial charge in [-0.25, -0.2) is 0 Å². The predicted octanol–water partition coefficient (Wildman–Crippen LogP) is 3.77. The predicted molar refractivity (Wildman–Crippen MR) is 98.6 cm³/mol. The first-order valence-electron chi connectivity index (χ1n) is 7.78. The highest BCUT2D eigenvalue weighted by Crippen LogP contribution is 2.23. The number of aryl methyl sites for hydroxylation is 1. The molecule has 0 radical (unpaired) electrons. The highest BCUT2D eigenvalue weighted by molar-refractivity contribution is 6.31. The van der Waals surface area contributed by atoms with Crippen LogP contribution in [0.3, 0.4) is 0 Å². The lowest BCUT2D eigenvalue weighted by Crippen LogP contribution is -2.20. The smallest absolute Gasteiger partial charge is 0.302 e. The summed E-state index contributed by atoms with van der Waals surface area (Å²) in [6.07, 6.45) is 0. The maximum atomic E-state index is 12.0. The Labute approximate surface area is 154 Å². The zero-order valence-corrected chi connectivity index (χ0v) is 14.9. The first kappa shape index (κ1) is 17.8. The first-order valence-corrected chi connectivity index (χ1v) is 8.15. The van der Waals surface area contributed by atoms with Crippen molar-refractivity contribution in [3.63, 3.8) is 0 Å². The summed E-state index contributed by atoms with van der Waals surface area (Å²) in [5, 5.41) is 5.81. The Morgan fingerprint density at radius 3 is 2.73 bits per heavy atom. The summed E-state index contributed by atoms with van der Waals surface area (Å²) >= 11 is 5.95. The minimum atomic E-state index is -0.411. The lowest BCUT2D eigenvalue weighted by atomic mass is 10.2. The number of nitrogens with one attached hydrogen (secondary N) is 2. The highest BCUT2D eigenvalue weighted by Gasteiger charge is 2.11. The normalized spacial score (nSPS) is 10.6. The van der Waals surface area contributed by atoms with Crippen LogP contribution in [0.4, 0.5) is 11.7 Å². The molecule has 2 aromatic carbocycles. The Morgan fingerprint density at radius 2 is 2.00 bits per heavy atom. The molecule has 7 nitrogen and oxygen atoms in total. The van der Waals surface area contributed by atoms with Gasteiger partial charge in [0.2, 0.25) is 5.91 Å². The van der Waals surface area contributed by atoms with Crippen molar-refractivity contribution >= 4 is 46.2 Å². The maximum Gasteiger partial charge on any atom is 0.302 e. The molecule has 26 heavy (non-hydrogen) atoms. The van der Waals surface area contributed by atoms with Crippen LogP contribution in [0.1, 0.15) is 12.5 Å². The molecule has 3 rings (SSSR count). The molecule has 8 heteroatoms. The Hall–Kier alpha value is -3.06. The fraction of sp³-hybridized carbons (Fsp3) is 0.167. The molecule has 0 aliphatic rings. The number of carbonyl (C=O) groups is 2. The molecule has 0 aliphatic carbocycles. The maximum absolute atomic E-state index is 12.0. The van der Waals surface area contributed by atoms with Gasteiger partial charge in [-0.2, -0.15) is 4.98 Å². The summed E-state index contributed by atoms with van der Waals surface area (Å²) in [6.45, 7) is 3.07. The summed E-state index contributed by atoms with van der Waals surface area (Å²) < 4.78 is 10.9. The number of amides is 2. The number of anilines is 2. The SMILES string of the molecule is CC(=O)Nc1ccc2nc(NC(=O)COc3ccc(Cl)c(C)c3)oc2c1. The fourth-order valence-corrected chi connectivity index (χ4v) is 2.39. The van der Waals surface area contributed by atoms with E-state index in [9.17, 15) is 9.59 Å². The third kappa shape index (κ3) is 4.31. The molecular formula is C18H16ClN3O4. The van der Waals surface area contributed by atoms with Crippen LogP contribution in [0.25, 0.3) is 11.1 Å². The Bertz CT molecular complexity index is 984. The van der Waals surface area contributed by atoms with Crippen molar-refractivity contribution in [3.05, 3.63) is 47.0 Å². The van der Waals surface area contributed by atoms with Crippen LogP contribution in [0, 0.1) is 6.92 Å². The Kier molecular flexibility index (Phi) is 5.09. The molecule has 0 spiro atoms. The second kappa shape index (κ2) is 7.45. The fourth-order valence-electron chi connectivity index (χ4n) is 2.27. The third-order valence-corrected chi connectivity index (χ3v) is 3.88. The van der Waals surface area contributed by atoms with Crippen LogP contribution in [0.2, 0.25) is 5.02 Å². The molecule has 3 aromatic rings. The van der Waals surface area contributed by atoms with Crippen LogP contribution < -0.4 is 15.4 Å². The van der Waals surface area contributed by atoms with E-state index in [0.29, 0.717) is 27.6 Å². The average Bonchev–Trinajstić information content (AvgIpc) is 2.96.